The Labute approximate surface area is 131 Å². The third kappa shape index (κ3) is 2.90. The largest absolute Gasteiger partial charge is 0.329 e. The molecule has 0 bridgehead atoms. The van der Waals surface area contributed by atoms with E-state index in [1.54, 1.807) is 0 Å². The summed E-state index contributed by atoms with van der Waals surface area (Å²) in [4.78, 5) is 4.86. The molecule has 0 spiro atoms. The van der Waals surface area contributed by atoms with Crippen LogP contribution in [0.15, 0.2) is 42.5 Å². The minimum absolute atomic E-state index is 0.636. The summed E-state index contributed by atoms with van der Waals surface area (Å²) in [5, 5.41) is 0. The molecule has 1 aromatic heterocycles. The van der Waals surface area contributed by atoms with Gasteiger partial charge in [-0.1, -0.05) is 30.3 Å². The first-order chi connectivity index (χ1) is 10.7. The molecule has 0 unspecified atom stereocenters. The third-order valence-electron chi connectivity index (χ3n) is 4.28. The van der Waals surface area contributed by atoms with Crippen LogP contribution >= 0.6 is 0 Å². The number of aryl methyl sites for hydroxylation is 4. The van der Waals surface area contributed by atoms with Gasteiger partial charge in [0.15, 0.2) is 0 Å². The molecule has 3 nitrogen and oxygen atoms in total. The lowest BCUT2D eigenvalue weighted by atomic mass is 10.1. The summed E-state index contributed by atoms with van der Waals surface area (Å²) in [6.07, 6.45) is 1.95. The quantitative estimate of drug-likeness (QED) is 0.783. The van der Waals surface area contributed by atoms with E-state index < -0.39 is 0 Å². The molecule has 0 saturated heterocycles. The summed E-state index contributed by atoms with van der Waals surface area (Å²) in [6, 6.07) is 15.0. The Morgan fingerprint density at radius 3 is 2.45 bits per heavy atom. The van der Waals surface area contributed by atoms with E-state index in [0.29, 0.717) is 6.54 Å². The van der Waals surface area contributed by atoms with Gasteiger partial charge in [-0.3, -0.25) is 0 Å². The number of benzene rings is 2. The van der Waals surface area contributed by atoms with Gasteiger partial charge in [0, 0.05) is 19.5 Å². The molecular weight excluding hydrogens is 270 g/mol. The Morgan fingerprint density at radius 1 is 1.00 bits per heavy atom. The highest BCUT2D eigenvalue weighted by atomic mass is 15.1. The lowest BCUT2D eigenvalue weighted by Crippen LogP contribution is -2.13. The fourth-order valence-electron chi connectivity index (χ4n) is 2.90. The topological polar surface area (TPSA) is 43.8 Å². The van der Waals surface area contributed by atoms with Crippen molar-refractivity contribution >= 4 is 11.0 Å². The molecule has 3 rings (SSSR count). The monoisotopic (exact) mass is 293 g/mol. The number of fused-ring (bicyclic) bond motifs is 1. The molecule has 0 radical (unpaired) electrons. The number of nitrogens with two attached hydrogens (primary N) is 1. The van der Waals surface area contributed by atoms with Crippen LogP contribution in [-0.2, 0) is 19.4 Å². The molecule has 0 amide bonds. The summed E-state index contributed by atoms with van der Waals surface area (Å²) in [5.74, 6) is 1.13. The van der Waals surface area contributed by atoms with Gasteiger partial charge < -0.3 is 10.3 Å². The van der Waals surface area contributed by atoms with Crippen molar-refractivity contribution in [1.82, 2.24) is 9.55 Å². The van der Waals surface area contributed by atoms with Gasteiger partial charge in [-0.05, 0) is 49.1 Å². The summed E-state index contributed by atoms with van der Waals surface area (Å²) in [7, 11) is 0. The van der Waals surface area contributed by atoms with Crippen molar-refractivity contribution in [1.29, 1.82) is 0 Å². The van der Waals surface area contributed by atoms with Crippen LogP contribution < -0.4 is 5.73 Å². The molecule has 22 heavy (non-hydrogen) atoms. The predicted molar refractivity (Wildman–Crippen MR) is 92.1 cm³/mol. The lowest BCUT2D eigenvalue weighted by molar-refractivity contribution is 0.672. The van der Waals surface area contributed by atoms with Crippen molar-refractivity contribution in [2.75, 3.05) is 6.54 Å². The molecule has 3 aromatic rings. The van der Waals surface area contributed by atoms with Gasteiger partial charge in [0.25, 0.3) is 0 Å². The number of imidazole rings is 1. The SMILES string of the molecule is Cc1cc2nc(CCc3ccccc3)n(CCN)c2cc1C. The number of aromatic nitrogens is 2. The van der Waals surface area contributed by atoms with E-state index in [0.717, 1.165) is 30.7 Å². The van der Waals surface area contributed by atoms with E-state index in [1.165, 1.54) is 22.2 Å². The van der Waals surface area contributed by atoms with Crippen molar-refractivity contribution in [3.8, 4) is 0 Å². The summed E-state index contributed by atoms with van der Waals surface area (Å²) in [6.45, 7) is 5.75. The number of nitrogens with zero attached hydrogens (tertiary/aromatic N) is 2. The second-order valence-electron chi connectivity index (χ2n) is 5.88. The highest BCUT2D eigenvalue weighted by Crippen LogP contribution is 2.21. The smallest absolute Gasteiger partial charge is 0.110 e. The summed E-state index contributed by atoms with van der Waals surface area (Å²) >= 11 is 0. The molecule has 0 atom stereocenters. The average Bonchev–Trinajstić information content (AvgIpc) is 2.84. The van der Waals surface area contributed by atoms with Crippen LogP contribution in [0.1, 0.15) is 22.5 Å². The van der Waals surface area contributed by atoms with Crippen molar-refractivity contribution in [2.24, 2.45) is 5.73 Å². The maximum atomic E-state index is 5.81. The molecule has 2 aromatic carbocycles. The van der Waals surface area contributed by atoms with Crippen LogP contribution in [0.3, 0.4) is 0 Å². The minimum atomic E-state index is 0.636. The van der Waals surface area contributed by atoms with Crippen LogP contribution in [-0.4, -0.2) is 16.1 Å². The maximum absolute atomic E-state index is 5.81. The normalized spacial score (nSPS) is 11.2. The van der Waals surface area contributed by atoms with Gasteiger partial charge in [0.2, 0.25) is 0 Å². The van der Waals surface area contributed by atoms with Crippen LogP contribution in [0, 0.1) is 13.8 Å². The van der Waals surface area contributed by atoms with E-state index in [2.05, 4.69) is 60.9 Å². The summed E-state index contributed by atoms with van der Waals surface area (Å²) < 4.78 is 2.28. The second kappa shape index (κ2) is 6.32. The minimum Gasteiger partial charge on any atom is -0.329 e. The zero-order valence-electron chi connectivity index (χ0n) is 13.3. The first-order valence-corrected chi connectivity index (χ1v) is 7.89. The number of hydrogen-bond donors (Lipinski definition) is 1. The molecule has 0 aliphatic carbocycles. The zero-order valence-corrected chi connectivity index (χ0v) is 13.3. The van der Waals surface area contributed by atoms with Crippen molar-refractivity contribution in [2.45, 2.75) is 33.2 Å². The summed E-state index contributed by atoms with van der Waals surface area (Å²) in [5.41, 5.74) is 12.0. The maximum Gasteiger partial charge on any atom is 0.110 e. The van der Waals surface area contributed by atoms with Gasteiger partial charge in [-0.25, -0.2) is 4.98 Å². The molecule has 0 aliphatic rings. The Bertz CT molecular complexity index is 772. The third-order valence-corrected chi connectivity index (χ3v) is 4.28. The van der Waals surface area contributed by atoms with E-state index in [9.17, 15) is 0 Å². The van der Waals surface area contributed by atoms with Crippen LogP contribution in [0.25, 0.3) is 11.0 Å². The Balaban J connectivity index is 1.95. The molecule has 114 valence electrons. The van der Waals surface area contributed by atoms with E-state index >= 15 is 0 Å². The second-order valence-corrected chi connectivity index (χ2v) is 5.88. The predicted octanol–water partition coefficient (Wildman–Crippen LogP) is 3.40. The Kier molecular flexibility index (Phi) is 4.25. The van der Waals surface area contributed by atoms with Crippen molar-refractivity contribution < 1.29 is 0 Å². The Morgan fingerprint density at radius 2 is 1.73 bits per heavy atom. The first kappa shape index (κ1) is 14.8. The molecule has 1 heterocycles. The first-order valence-electron chi connectivity index (χ1n) is 7.89. The van der Waals surface area contributed by atoms with Gasteiger partial charge in [0.05, 0.1) is 11.0 Å². The Hall–Kier alpha value is -2.13. The van der Waals surface area contributed by atoms with Gasteiger partial charge in [-0.2, -0.15) is 0 Å². The van der Waals surface area contributed by atoms with E-state index in [4.69, 9.17) is 10.7 Å². The molecule has 0 saturated carbocycles. The highest BCUT2D eigenvalue weighted by molar-refractivity contribution is 5.78. The number of rotatable bonds is 5. The van der Waals surface area contributed by atoms with Gasteiger partial charge >= 0.3 is 0 Å². The lowest BCUT2D eigenvalue weighted by Gasteiger charge is -2.08. The average molecular weight is 293 g/mol. The molecule has 0 fully saturated rings. The molecular formula is C19H23N3. The zero-order chi connectivity index (χ0) is 15.5. The van der Waals surface area contributed by atoms with Crippen LogP contribution in [0.4, 0.5) is 0 Å². The van der Waals surface area contributed by atoms with E-state index in [-0.39, 0.29) is 0 Å². The van der Waals surface area contributed by atoms with Crippen molar-refractivity contribution in [3.05, 3.63) is 65.0 Å². The van der Waals surface area contributed by atoms with E-state index in [1.807, 2.05) is 0 Å². The molecule has 3 heteroatoms. The van der Waals surface area contributed by atoms with Gasteiger partial charge in [-0.15, -0.1) is 0 Å². The number of hydrogen-bond acceptors (Lipinski definition) is 2. The van der Waals surface area contributed by atoms with Crippen LogP contribution in [0.5, 0.6) is 0 Å². The molecule has 2 N–H and O–H groups in total. The fraction of sp³-hybridized carbons (Fsp3) is 0.316. The van der Waals surface area contributed by atoms with Gasteiger partial charge in [0.1, 0.15) is 5.82 Å². The standard InChI is InChI=1S/C19H23N3/c1-14-12-17-18(13-15(14)2)22(11-10-20)19(21-17)9-8-16-6-4-3-5-7-16/h3-7,12-13H,8-11,20H2,1-2H3. The highest BCUT2D eigenvalue weighted by Gasteiger charge is 2.11. The van der Waals surface area contributed by atoms with Crippen molar-refractivity contribution in [3.63, 3.8) is 0 Å². The molecule has 0 aliphatic heterocycles. The fourth-order valence-corrected chi connectivity index (χ4v) is 2.90. The van der Waals surface area contributed by atoms with Crippen LogP contribution in [0.2, 0.25) is 0 Å².